The molecule has 3 rings (SSSR count). The van der Waals surface area contributed by atoms with Crippen LogP contribution >= 0.6 is 27.5 Å². The first kappa shape index (κ1) is 21.9. The summed E-state index contributed by atoms with van der Waals surface area (Å²) in [5.74, 6) is -0.722. The van der Waals surface area contributed by atoms with Gasteiger partial charge >= 0.3 is 5.91 Å². The van der Waals surface area contributed by atoms with Crippen LogP contribution in [0, 0.1) is 0 Å². The molecule has 10 heteroatoms. The minimum atomic E-state index is -0.644. The molecule has 0 saturated heterocycles. The third-order valence-electron chi connectivity index (χ3n) is 4.02. The summed E-state index contributed by atoms with van der Waals surface area (Å²) in [6.07, 6.45) is 1.41. The number of rotatable bonds is 7. The van der Waals surface area contributed by atoms with Gasteiger partial charge in [0.1, 0.15) is 0 Å². The topological polar surface area (TPSA) is 91.8 Å². The van der Waals surface area contributed by atoms with Crippen molar-refractivity contribution in [3.8, 4) is 5.88 Å². The minimum Gasteiger partial charge on any atom is -0.493 e. The lowest BCUT2D eigenvalue weighted by molar-refractivity contribution is -0.122. The van der Waals surface area contributed by atoms with Crippen LogP contribution in [0.25, 0.3) is 10.9 Å². The molecule has 1 heterocycles. The molecule has 0 atom stereocenters. The fourth-order valence-corrected chi connectivity index (χ4v) is 3.27. The standard InChI is InChI=1S/C20H19BrClN5O3/c1-26(2)12-27-17-8-7-14(21)9-15(17)19(20(27)29)25-24-18(28)11-30-23-10-13-5-3-4-6-16(13)22/h3-10,29H,11-12H2,1-2H3/b23-10-,25-24?. The average molecular weight is 493 g/mol. The highest BCUT2D eigenvalue weighted by atomic mass is 79.9. The van der Waals surface area contributed by atoms with Gasteiger partial charge in [0.2, 0.25) is 5.88 Å². The SMILES string of the molecule is CN(C)Cn1c(O)c(N=NC(=O)CO/N=C\c2ccccc2Cl)c2cc(Br)ccc21. The predicted octanol–water partition coefficient (Wildman–Crippen LogP) is 4.94. The number of aromatic nitrogens is 1. The summed E-state index contributed by atoms with van der Waals surface area (Å²) >= 11 is 9.42. The summed E-state index contributed by atoms with van der Waals surface area (Å²) < 4.78 is 2.50. The number of benzene rings is 2. The molecule has 0 aliphatic rings. The molecule has 1 amide bonds. The molecule has 0 fully saturated rings. The smallest absolute Gasteiger partial charge is 0.304 e. The fraction of sp³-hybridized carbons (Fsp3) is 0.200. The zero-order chi connectivity index (χ0) is 21.7. The molecule has 30 heavy (non-hydrogen) atoms. The highest BCUT2D eigenvalue weighted by Crippen LogP contribution is 2.40. The van der Waals surface area contributed by atoms with Crippen LogP contribution in [0.1, 0.15) is 5.56 Å². The summed E-state index contributed by atoms with van der Waals surface area (Å²) in [7, 11) is 3.77. The van der Waals surface area contributed by atoms with Gasteiger partial charge in [-0.15, -0.1) is 10.2 Å². The Morgan fingerprint density at radius 3 is 2.80 bits per heavy atom. The molecule has 1 N–H and O–H groups in total. The summed E-state index contributed by atoms with van der Waals surface area (Å²) in [4.78, 5) is 18.9. The number of aromatic hydroxyl groups is 1. The number of azo groups is 1. The van der Waals surface area contributed by atoms with Gasteiger partial charge in [-0.05, 0) is 38.4 Å². The zero-order valence-electron chi connectivity index (χ0n) is 16.3. The minimum absolute atomic E-state index is 0.0778. The maximum atomic E-state index is 12.0. The molecule has 0 saturated carbocycles. The van der Waals surface area contributed by atoms with E-state index < -0.39 is 12.5 Å². The van der Waals surface area contributed by atoms with Crippen LogP contribution in [0.15, 0.2) is 62.3 Å². The molecular weight excluding hydrogens is 474 g/mol. The molecule has 2 aromatic carbocycles. The van der Waals surface area contributed by atoms with Gasteiger partial charge in [-0.2, -0.15) is 0 Å². The van der Waals surface area contributed by atoms with Crippen LogP contribution in [0.3, 0.4) is 0 Å². The average Bonchev–Trinajstić information content (AvgIpc) is 2.95. The Labute approximate surface area is 186 Å². The zero-order valence-corrected chi connectivity index (χ0v) is 18.6. The number of fused-ring (bicyclic) bond motifs is 1. The largest absolute Gasteiger partial charge is 0.493 e. The van der Waals surface area contributed by atoms with E-state index in [9.17, 15) is 9.90 Å². The number of amides is 1. The van der Waals surface area contributed by atoms with Gasteiger partial charge in [0, 0.05) is 20.4 Å². The van der Waals surface area contributed by atoms with Crippen molar-refractivity contribution in [3.63, 3.8) is 0 Å². The van der Waals surface area contributed by atoms with Gasteiger partial charge in [-0.25, -0.2) is 0 Å². The third kappa shape index (κ3) is 5.24. The first-order valence-corrected chi connectivity index (χ1v) is 10.0. The van der Waals surface area contributed by atoms with Crippen LogP contribution in [-0.4, -0.2) is 47.4 Å². The maximum Gasteiger partial charge on any atom is 0.304 e. The normalized spacial score (nSPS) is 11.9. The van der Waals surface area contributed by atoms with E-state index in [1.807, 2.05) is 43.3 Å². The van der Waals surface area contributed by atoms with E-state index in [1.54, 1.807) is 22.8 Å². The third-order valence-corrected chi connectivity index (χ3v) is 4.85. The van der Waals surface area contributed by atoms with Crippen molar-refractivity contribution in [2.45, 2.75) is 6.67 Å². The molecule has 8 nitrogen and oxygen atoms in total. The fourth-order valence-electron chi connectivity index (χ4n) is 2.72. The van der Waals surface area contributed by atoms with E-state index in [4.69, 9.17) is 16.4 Å². The van der Waals surface area contributed by atoms with Crippen LogP contribution in [0.2, 0.25) is 5.02 Å². The first-order valence-electron chi connectivity index (χ1n) is 8.86. The quantitative estimate of drug-likeness (QED) is 0.287. The van der Waals surface area contributed by atoms with Crippen LogP contribution in [0.5, 0.6) is 5.88 Å². The van der Waals surface area contributed by atoms with E-state index in [1.165, 1.54) is 6.21 Å². The Hall–Kier alpha value is -2.75. The molecular formula is C20H19BrClN5O3. The molecule has 0 spiro atoms. The Morgan fingerprint density at radius 2 is 2.07 bits per heavy atom. The summed E-state index contributed by atoms with van der Waals surface area (Å²) in [5.41, 5.74) is 1.64. The maximum absolute atomic E-state index is 12.0. The van der Waals surface area contributed by atoms with E-state index in [-0.39, 0.29) is 11.6 Å². The van der Waals surface area contributed by atoms with Crippen molar-refractivity contribution in [3.05, 3.63) is 57.5 Å². The monoisotopic (exact) mass is 491 g/mol. The van der Waals surface area contributed by atoms with Crippen molar-refractivity contribution in [2.75, 3.05) is 20.7 Å². The van der Waals surface area contributed by atoms with E-state index in [0.29, 0.717) is 22.6 Å². The number of carbonyl (C=O) groups is 1. The van der Waals surface area contributed by atoms with E-state index >= 15 is 0 Å². The summed E-state index contributed by atoms with van der Waals surface area (Å²) in [6.45, 7) is 0.0402. The highest BCUT2D eigenvalue weighted by Gasteiger charge is 2.17. The Bertz CT molecular complexity index is 1130. The highest BCUT2D eigenvalue weighted by molar-refractivity contribution is 9.10. The van der Waals surface area contributed by atoms with Gasteiger partial charge in [0.15, 0.2) is 12.3 Å². The number of nitrogens with zero attached hydrogens (tertiary/aromatic N) is 5. The Balaban J connectivity index is 1.73. The molecule has 0 bridgehead atoms. The second-order valence-corrected chi connectivity index (χ2v) is 7.93. The Kier molecular flexibility index (Phi) is 7.20. The van der Waals surface area contributed by atoms with Crippen molar-refractivity contribution >= 4 is 56.2 Å². The van der Waals surface area contributed by atoms with Gasteiger partial charge in [0.25, 0.3) is 0 Å². The van der Waals surface area contributed by atoms with Crippen molar-refractivity contribution < 1.29 is 14.7 Å². The summed E-state index contributed by atoms with van der Waals surface area (Å²) in [6, 6.07) is 12.6. The van der Waals surface area contributed by atoms with Crippen molar-refractivity contribution in [2.24, 2.45) is 15.4 Å². The van der Waals surface area contributed by atoms with E-state index in [0.717, 1.165) is 9.99 Å². The molecule has 1 aromatic heterocycles. The molecule has 3 aromatic rings. The second-order valence-electron chi connectivity index (χ2n) is 6.61. The van der Waals surface area contributed by atoms with Crippen LogP contribution in [-0.2, 0) is 16.3 Å². The van der Waals surface area contributed by atoms with Crippen molar-refractivity contribution in [1.29, 1.82) is 0 Å². The Morgan fingerprint density at radius 1 is 1.30 bits per heavy atom. The lowest BCUT2D eigenvalue weighted by Crippen LogP contribution is -2.16. The lowest BCUT2D eigenvalue weighted by Gasteiger charge is -2.13. The lowest BCUT2D eigenvalue weighted by atomic mass is 10.2. The predicted molar refractivity (Wildman–Crippen MR) is 120 cm³/mol. The number of carbonyl (C=O) groups excluding carboxylic acids is 1. The van der Waals surface area contributed by atoms with Gasteiger partial charge < -0.3 is 9.94 Å². The first-order chi connectivity index (χ1) is 14.4. The molecule has 0 radical (unpaired) electrons. The number of halogens is 2. The summed E-state index contributed by atoms with van der Waals surface area (Å²) in [5, 5.41) is 23.1. The van der Waals surface area contributed by atoms with Gasteiger partial charge in [-0.3, -0.25) is 14.3 Å². The molecule has 0 aliphatic heterocycles. The van der Waals surface area contributed by atoms with Gasteiger partial charge in [-0.1, -0.05) is 50.9 Å². The van der Waals surface area contributed by atoms with Crippen LogP contribution in [0.4, 0.5) is 5.69 Å². The number of hydrogen-bond donors (Lipinski definition) is 1. The number of hydrogen-bond acceptors (Lipinski definition) is 6. The van der Waals surface area contributed by atoms with Crippen LogP contribution < -0.4 is 0 Å². The number of oxime groups is 1. The molecule has 0 unspecified atom stereocenters. The molecule has 156 valence electrons. The van der Waals surface area contributed by atoms with E-state index in [2.05, 4.69) is 31.3 Å². The van der Waals surface area contributed by atoms with Gasteiger partial charge in [0.05, 0.1) is 18.4 Å². The second kappa shape index (κ2) is 9.84. The van der Waals surface area contributed by atoms with Crippen molar-refractivity contribution in [1.82, 2.24) is 9.47 Å². The molecule has 0 aliphatic carbocycles.